The molecule has 0 spiro atoms. The minimum atomic E-state index is -3.73. The van der Waals surface area contributed by atoms with Gasteiger partial charge < -0.3 is 14.3 Å². The van der Waals surface area contributed by atoms with Crippen LogP contribution in [0.4, 0.5) is 14.5 Å². The van der Waals surface area contributed by atoms with Gasteiger partial charge in [-0.05, 0) is 74.2 Å². The van der Waals surface area contributed by atoms with Crippen LogP contribution in [0, 0.1) is 5.82 Å². The molecule has 0 radical (unpaired) electrons. The molecule has 1 aliphatic carbocycles. The lowest BCUT2D eigenvalue weighted by Crippen LogP contribution is -2.33. The van der Waals surface area contributed by atoms with Gasteiger partial charge in [0.15, 0.2) is 0 Å². The minimum absolute atomic E-state index is 0.180. The summed E-state index contributed by atoms with van der Waals surface area (Å²) in [4.78, 5) is 18.1. The van der Waals surface area contributed by atoms with E-state index in [4.69, 9.17) is 9.40 Å². The lowest BCUT2D eigenvalue weighted by Gasteiger charge is -2.36. The minimum Gasteiger partial charge on any atom is -0.455 e. The van der Waals surface area contributed by atoms with Gasteiger partial charge in [-0.3, -0.25) is 14.1 Å². The lowest BCUT2D eigenvalue weighted by molar-refractivity contribution is 0.0963. The summed E-state index contributed by atoms with van der Waals surface area (Å²) in [5.41, 5.74) is 5.55. The largest absolute Gasteiger partial charge is 0.455 e. The van der Waals surface area contributed by atoms with Crippen LogP contribution in [0.3, 0.4) is 0 Å². The summed E-state index contributed by atoms with van der Waals surface area (Å²) in [5, 5.41) is 3.65. The number of allylic oxidation sites excluding steroid dienone is 4. The second-order valence-electron chi connectivity index (χ2n) is 12.5. The molecule has 3 aromatic heterocycles. The molecule has 2 aromatic carbocycles. The van der Waals surface area contributed by atoms with Crippen LogP contribution in [0.5, 0.6) is 0 Å². The highest BCUT2D eigenvalue weighted by Crippen LogP contribution is 2.46. The number of amides is 1. The smallest absolute Gasteiger partial charge is 0.255 e. The van der Waals surface area contributed by atoms with E-state index >= 15 is 0 Å². The molecule has 0 saturated heterocycles. The van der Waals surface area contributed by atoms with Crippen LogP contribution in [0.2, 0.25) is 0 Å². The zero-order valence-electron chi connectivity index (χ0n) is 26.0. The number of pyridine rings is 1. The van der Waals surface area contributed by atoms with Gasteiger partial charge in [0.25, 0.3) is 5.91 Å². The third kappa shape index (κ3) is 4.63. The van der Waals surface area contributed by atoms with Crippen molar-refractivity contribution in [2.75, 3.05) is 24.7 Å². The van der Waals surface area contributed by atoms with E-state index in [1.54, 1.807) is 30.5 Å². The Morgan fingerprint density at radius 2 is 1.85 bits per heavy atom. The second kappa shape index (κ2) is 10.4. The normalized spacial score (nSPS) is 15.7. The first-order valence-corrected chi connectivity index (χ1v) is 16.8. The molecule has 2 aliphatic rings. The van der Waals surface area contributed by atoms with Crippen molar-refractivity contribution >= 4 is 49.1 Å². The zero-order chi connectivity index (χ0) is 32.7. The number of hydrogen-bond donors (Lipinski definition) is 1. The Morgan fingerprint density at radius 1 is 1.07 bits per heavy atom. The fraction of sp³-hybridized carbons (Fsp3) is 0.257. The Labute approximate surface area is 265 Å². The molecule has 1 amide bonds. The van der Waals surface area contributed by atoms with E-state index in [9.17, 15) is 22.0 Å². The summed E-state index contributed by atoms with van der Waals surface area (Å²) < 4.78 is 64.1. The van der Waals surface area contributed by atoms with Gasteiger partial charge in [-0.15, -0.1) is 0 Å². The molecule has 11 heteroatoms. The van der Waals surface area contributed by atoms with Crippen molar-refractivity contribution in [3.05, 3.63) is 89.3 Å². The Balaban J connectivity index is 1.50. The number of benzene rings is 2. The van der Waals surface area contributed by atoms with Crippen molar-refractivity contribution in [2.45, 2.75) is 38.6 Å². The number of sulfonamides is 1. The predicted octanol–water partition coefficient (Wildman–Crippen LogP) is 7.33. The molecule has 236 valence electrons. The molecule has 4 heterocycles. The molecule has 7 rings (SSSR count). The molecule has 8 nitrogen and oxygen atoms in total. The van der Waals surface area contributed by atoms with Gasteiger partial charge in [-0.25, -0.2) is 17.2 Å². The highest BCUT2D eigenvalue weighted by atomic mass is 32.2. The van der Waals surface area contributed by atoms with E-state index in [1.165, 1.54) is 26.2 Å². The summed E-state index contributed by atoms with van der Waals surface area (Å²) in [7, 11) is -0.770. The molecule has 5 aromatic rings. The third-order valence-corrected chi connectivity index (χ3v) is 10.2. The topological polar surface area (TPSA) is 97.4 Å². The first-order valence-electron chi connectivity index (χ1n) is 14.9. The first kappa shape index (κ1) is 29.9. The van der Waals surface area contributed by atoms with Gasteiger partial charge in [0.05, 0.1) is 34.4 Å². The SMILES string of the molecule is CNC(=O)c1c(C2=CC=C(F)CC2)oc2cc(N(C)S(C)(=O)=O)c(-c3cc4c(cn3)CC(C)(C)n3c-4cc4c(F)cccc43)cc12. The lowest BCUT2D eigenvalue weighted by atomic mass is 9.86. The highest BCUT2D eigenvalue weighted by Gasteiger charge is 2.34. The number of rotatable bonds is 5. The molecule has 0 fully saturated rings. The fourth-order valence-corrected chi connectivity index (χ4v) is 7.26. The summed E-state index contributed by atoms with van der Waals surface area (Å²) in [6.07, 6.45) is 7.01. The Bertz CT molecular complexity index is 2300. The summed E-state index contributed by atoms with van der Waals surface area (Å²) in [5.74, 6) is -0.663. The van der Waals surface area contributed by atoms with Crippen molar-refractivity contribution < 1.29 is 26.4 Å². The van der Waals surface area contributed by atoms with Crippen molar-refractivity contribution in [2.24, 2.45) is 0 Å². The first-order chi connectivity index (χ1) is 21.8. The van der Waals surface area contributed by atoms with Crippen molar-refractivity contribution in [3.8, 4) is 22.5 Å². The molecule has 1 N–H and O–H groups in total. The van der Waals surface area contributed by atoms with Gasteiger partial charge >= 0.3 is 0 Å². The number of nitrogens with one attached hydrogen (secondary N) is 1. The number of halogens is 2. The molecule has 1 aliphatic heterocycles. The van der Waals surface area contributed by atoms with E-state index in [1.807, 2.05) is 18.2 Å². The third-order valence-electron chi connectivity index (χ3n) is 9.05. The highest BCUT2D eigenvalue weighted by molar-refractivity contribution is 7.92. The average molecular weight is 643 g/mol. The number of anilines is 1. The second-order valence-corrected chi connectivity index (χ2v) is 14.6. The molecular weight excluding hydrogens is 610 g/mol. The molecular formula is C35H32F2N4O4S. The number of aromatic nitrogens is 2. The molecule has 46 heavy (non-hydrogen) atoms. The Morgan fingerprint density at radius 3 is 2.54 bits per heavy atom. The number of fused-ring (bicyclic) bond motifs is 6. The number of carbonyl (C=O) groups is 1. The summed E-state index contributed by atoms with van der Waals surface area (Å²) in [6, 6.07) is 12.1. The van der Waals surface area contributed by atoms with E-state index in [0.717, 1.165) is 32.9 Å². The van der Waals surface area contributed by atoms with Crippen molar-refractivity contribution in [3.63, 3.8) is 0 Å². The van der Waals surface area contributed by atoms with E-state index in [0.29, 0.717) is 57.5 Å². The summed E-state index contributed by atoms with van der Waals surface area (Å²) in [6.45, 7) is 4.21. The zero-order valence-corrected chi connectivity index (χ0v) is 26.9. The quantitative estimate of drug-likeness (QED) is 0.217. The van der Waals surface area contributed by atoms with Crippen LogP contribution in [-0.4, -0.2) is 44.2 Å². The number of carbonyl (C=O) groups excluding carboxylic acids is 1. The van der Waals surface area contributed by atoms with Crippen LogP contribution >= 0.6 is 0 Å². The maximum Gasteiger partial charge on any atom is 0.255 e. The Hall–Kier alpha value is -4.77. The molecule has 0 atom stereocenters. The van der Waals surface area contributed by atoms with Crippen molar-refractivity contribution in [1.82, 2.24) is 14.9 Å². The van der Waals surface area contributed by atoms with Gasteiger partial charge in [-0.2, -0.15) is 0 Å². The van der Waals surface area contributed by atoms with Gasteiger partial charge in [0.1, 0.15) is 23.0 Å². The maximum atomic E-state index is 15.0. The van der Waals surface area contributed by atoms with Gasteiger partial charge in [0, 0.05) is 60.2 Å². The van der Waals surface area contributed by atoms with Crippen molar-refractivity contribution in [1.29, 1.82) is 0 Å². The van der Waals surface area contributed by atoms with Gasteiger partial charge in [-0.1, -0.05) is 12.1 Å². The van der Waals surface area contributed by atoms with E-state index in [2.05, 4.69) is 23.7 Å². The van der Waals surface area contributed by atoms with Crippen LogP contribution in [0.1, 0.15) is 48.4 Å². The van der Waals surface area contributed by atoms with E-state index in [-0.39, 0.29) is 29.2 Å². The number of hydrogen-bond acceptors (Lipinski definition) is 5. The van der Waals surface area contributed by atoms with Crippen LogP contribution in [0.25, 0.3) is 50.0 Å². The van der Waals surface area contributed by atoms with Crippen LogP contribution < -0.4 is 9.62 Å². The number of furan rings is 1. The monoisotopic (exact) mass is 642 g/mol. The van der Waals surface area contributed by atoms with Gasteiger partial charge in [0.2, 0.25) is 10.0 Å². The maximum absolute atomic E-state index is 15.0. The molecule has 0 saturated carbocycles. The molecule has 0 unspecified atom stereocenters. The number of nitrogens with zero attached hydrogens (tertiary/aromatic N) is 3. The van der Waals surface area contributed by atoms with E-state index < -0.39 is 15.9 Å². The average Bonchev–Trinajstić information content (AvgIpc) is 3.60. The molecule has 0 bridgehead atoms. The standard InChI is InChI=1S/C35H32F2N4O4S/c1-35(2)17-20-18-39-27(14-22(20)30-15-23-26(37)7-6-8-28(23)41(30)35)24-13-25-31(16-29(24)40(4)46(5,43)44)45-33(32(25)34(42)38-3)19-9-11-21(36)12-10-19/h6-9,11,13-16,18H,10,12,17H2,1-5H3,(H,38,42). The fourth-order valence-electron chi connectivity index (χ4n) is 6.75. The summed E-state index contributed by atoms with van der Waals surface area (Å²) >= 11 is 0. The predicted molar refractivity (Wildman–Crippen MR) is 176 cm³/mol. The van der Waals surface area contributed by atoms with Crippen LogP contribution in [0.15, 0.2) is 71.1 Å². The Kier molecular flexibility index (Phi) is 6.75. The van der Waals surface area contributed by atoms with Crippen LogP contribution in [-0.2, 0) is 22.0 Å².